The van der Waals surface area contributed by atoms with Crippen molar-refractivity contribution in [2.24, 2.45) is 11.8 Å². The number of halogens is 3. The van der Waals surface area contributed by atoms with Gasteiger partial charge in [-0.05, 0) is 55.8 Å². The van der Waals surface area contributed by atoms with Crippen molar-refractivity contribution in [1.82, 2.24) is 19.9 Å². The molecule has 4 atom stereocenters. The molecular weight excluding hydrogens is 583 g/mol. The molecule has 3 aliphatic heterocycles. The normalized spacial score (nSPS) is 27.8. The average Bonchev–Trinajstić information content (AvgIpc) is 3.60. The minimum Gasteiger partial charge on any atom is -0.508 e. The van der Waals surface area contributed by atoms with Crippen molar-refractivity contribution in [2.45, 2.75) is 49.9 Å². The Morgan fingerprint density at radius 1 is 1.11 bits per heavy atom. The van der Waals surface area contributed by atoms with E-state index in [0.29, 0.717) is 42.6 Å². The summed E-state index contributed by atoms with van der Waals surface area (Å²) >= 11 is 0. The molecule has 8 rings (SSSR count). The van der Waals surface area contributed by atoms with Crippen molar-refractivity contribution in [3.05, 3.63) is 47.7 Å². The Balaban J connectivity index is 1.28. The van der Waals surface area contributed by atoms with Gasteiger partial charge >= 0.3 is 6.01 Å². The van der Waals surface area contributed by atoms with Crippen molar-refractivity contribution < 1.29 is 28.1 Å². The van der Waals surface area contributed by atoms with Crippen LogP contribution < -0.4 is 9.64 Å². The molecule has 11 heteroatoms. The number of aliphatic hydroxyl groups excluding tert-OH is 1. The smallest absolute Gasteiger partial charge is 0.319 e. The van der Waals surface area contributed by atoms with E-state index in [1.54, 1.807) is 0 Å². The number of ether oxygens (including phenoxy) is 1. The van der Waals surface area contributed by atoms with Crippen molar-refractivity contribution in [1.29, 1.82) is 0 Å². The molecule has 0 spiro atoms. The van der Waals surface area contributed by atoms with Crippen molar-refractivity contribution >= 4 is 27.5 Å². The number of rotatable bonds is 5. The summed E-state index contributed by atoms with van der Waals surface area (Å²) in [6.07, 6.45) is 9.72. The van der Waals surface area contributed by atoms with E-state index in [0.717, 1.165) is 32.2 Å². The SMILES string of the molecule is C#Cc1c(F)ccc2cc(O)cc(-c3ncc4c(N5CC6CCC(C5)C6O)nc(OCC56CCCN5CC(F)C6)nc4c3F)c12. The second-order valence-corrected chi connectivity index (χ2v) is 13.0. The Morgan fingerprint density at radius 3 is 2.69 bits per heavy atom. The molecule has 232 valence electrons. The van der Waals surface area contributed by atoms with Crippen LogP contribution in [0.15, 0.2) is 30.5 Å². The molecule has 4 fully saturated rings. The Hall–Kier alpha value is -4.14. The van der Waals surface area contributed by atoms with Crippen molar-refractivity contribution in [3.8, 4) is 35.4 Å². The van der Waals surface area contributed by atoms with Gasteiger partial charge in [0.25, 0.3) is 0 Å². The summed E-state index contributed by atoms with van der Waals surface area (Å²) in [5.41, 5.74) is -0.610. The fraction of sp³-hybridized carbons (Fsp3) is 0.441. The highest BCUT2D eigenvalue weighted by Crippen LogP contribution is 2.43. The minimum absolute atomic E-state index is 0.0355. The van der Waals surface area contributed by atoms with E-state index in [-0.39, 0.29) is 64.0 Å². The van der Waals surface area contributed by atoms with Gasteiger partial charge in [-0.15, -0.1) is 6.42 Å². The molecule has 1 saturated carbocycles. The predicted molar refractivity (Wildman–Crippen MR) is 163 cm³/mol. The van der Waals surface area contributed by atoms with Crippen LogP contribution in [0.5, 0.6) is 11.8 Å². The van der Waals surface area contributed by atoms with E-state index in [1.807, 2.05) is 4.90 Å². The summed E-state index contributed by atoms with van der Waals surface area (Å²) in [5, 5.41) is 22.2. The number of hydrogen-bond acceptors (Lipinski definition) is 8. The van der Waals surface area contributed by atoms with Crippen LogP contribution in [0.25, 0.3) is 32.9 Å². The lowest BCUT2D eigenvalue weighted by Gasteiger charge is -2.36. The molecule has 1 aliphatic carbocycles. The number of anilines is 1. The van der Waals surface area contributed by atoms with Gasteiger partial charge in [0.15, 0.2) is 5.82 Å². The van der Waals surface area contributed by atoms with Crippen molar-refractivity contribution in [2.75, 3.05) is 37.7 Å². The summed E-state index contributed by atoms with van der Waals surface area (Å²) in [6, 6.07) is 5.38. The third kappa shape index (κ3) is 4.49. The number of nitrogens with zero attached hydrogens (tertiary/aromatic N) is 5. The second kappa shape index (κ2) is 10.5. The van der Waals surface area contributed by atoms with E-state index < -0.39 is 23.3 Å². The van der Waals surface area contributed by atoms with E-state index in [4.69, 9.17) is 16.1 Å². The van der Waals surface area contributed by atoms with Crippen LogP contribution in [-0.4, -0.2) is 80.7 Å². The molecule has 3 saturated heterocycles. The van der Waals surface area contributed by atoms with Gasteiger partial charge < -0.3 is 19.8 Å². The molecule has 2 aromatic heterocycles. The fourth-order valence-corrected chi connectivity index (χ4v) is 8.28. The zero-order valence-electron chi connectivity index (χ0n) is 24.5. The Kier molecular flexibility index (Phi) is 6.59. The van der Waals surface area contributed by atoms with E-state index in [9.17, 15) is 19.0 Å². The first kappa shape index (κ1) is 28.3. The number of pyridine rings is 1. The number of aromatic nitrogens is 3. The lowest BCUT2D eigenvalue weighted by molar-refractivity contribution is 0.0790. The molecule has 5 heterocycles. The highest BCUT2D eigenvalue weighted by Gasteiger charge is 2.49. The monoisotopic (exact) mass is 615 g/mol. The lowest BCUT2D eigenvalue weighted by Crippen LogP contribution is -2.45. The van der Waals surface area contributed by atoms with Crippen LogP contribution in [0.3, 0.4) is 0 Å². The Morgan fingerprint density at radius 2 is 1.91 bits per heavy atom. The fourth-order valence-electron chi connectivity index (χ4n) is 8.28. The molecule has 2 aromatic carbocycles. The molecule has 4 aromatic rings. The average molecular weight is 616 g/mol. The molecule has 4 aliphatic rings. The summed E-state index contributed by atoms with van der Waals surface area (Å²) < 4.78 is 52.2. The third-order valence-corrected chi connectivity index (χ3v) is 10.4. The van der Waals surface area contributed by atoms with Crippen LogP contribution in [-0.2, 0) is 0 Å². The maximum Gasteiger partial charge on any atom is 0.319 e. The number of fused-ring (bicyclic) bond motifs is 5. The number of benzene rings is 2. The van der Waals surface area contributed by atoms with Gasteiger partial charge in [0, 0.05) is 55.0 Å². The Bertz CT molecular complexity index is 1890. The number of hydrogen-bond donors (Lipinski definition) is 2. The van der Waals surface area contributed by atoms with Crippen LogP contribution in [0.4, 0.5) is 19.0 Å². The minimum atomic E-state index is -0.932. The summed E-state index contributed by atoms with van der Waals surface area (Å²) in [7, 11) is 0. The van der Waals surface area contributed by atoms with Crippen LogP contribution in [0, 0.1) is 35.8 Å². The number of aliphatic hydroxyl groups is 1. The number of alkyl halides is 1. The van der Waals surface area contributed by atoms with E-state index >= 15 is 4.39 Å². The molecule has 8 nitrogen and oxygen atoms in total. The maximum atomic E-state index is 16.8. The Labute approximate surface area is 257 Å². The molecule has 45 heavy (non-hydrogen) atoms. The van der Waals surface area contributed by atoms with Gasteiger partial charge in [0.1, 0.15) is 41.4 Å². The highest BCUT2D eigenvalue weighted by atomic mass is 19.1. The van der Waals surface area contributed by atoms with Gasteiger partial charge in [-0.25, -0.2) is 13.2 Å². The molecule has 2 bridgehead atoms. The maximum absolute atomic E-state index is 16.8. The summed E-state index contributed by atoms with van der Waals surface area (Å²) in [6.45, 7) is 2.41. The lowest BCUT2D eigenvalue weighted by atomic mass is 9.94. The topological polar surface area (TPSA) is 94.8 Å². The van der Waals surface area contributed by atoms with Gasteiger partial charge in [-0.1, -0.05) is 12.0 Å². The van der Waals surface area contributed by atoms with Gasteiger partial charge in [0.05, 0.1) is 22.6 Å². The number of terminal acetylenes is 1. The first-order valence-corrected chi connectivity index (χ1v) is 15.5. The first-order valence-electron chi connectivity index (χ1n) is 15.5. The number of piperidine rings is 1. The molecular formula is C34H32F3N5O3. The molecule has 0 radical (unpaired) electrons. The molecule has 4 unspecified atom stereocenters. The quantitative estimate of drug-likeness (QED) is 0.304. The predicted octanol–water partition coefficient (Wildman–Crippen LogP) is 4.97. The largest absolute Gasteiger partial charge is 0.508 e. The zero-order chi connectivity index (χ0) is 31.0. The number of aromatic hydroxyl groups is 1. The number of phenolic OH excluding ortho intramolecular Hbond substituents is 1. The molecule has 2 N–H and O–H groups in total. The first-order chi connectivity index (χ1) is 21.7. The summed E-state index contributed by atoms with van der Waals surface area (Å²) in [5.74, 6) is 1.33. The standard InChI is InChI=1S/C34H32F3N5O3/c1-2-23-26(36)7-6-18-10-22(43)11-24(27(18)23)29-28(37)30-25(13-38-29)32(41-14-19-4-5-20(15-41)31(19)44)40-33(39-30)45-17-34-8-3-9-42(34)16-21(35)12-34/h1,6-7,10-11,13,19-21,31,43-44H,3-5,8-9,12,14-17H2. The second-order valence-electron chi connectivity index (χ2n) is 13.0. The van der Waals surface area contributed by atoms with Crippen LogP contribution in [0.2, 0.25) is 0 Å². The van der Waals surface area contributed by atoms with Gasteiger partial charge in [-0.2, -0.15) is 9.97 Å². The summed E-state index contributed by atoms with van der Waals surface area (Å²) in [4.78, 5) is 17.9. The third-order valence-electron chi connectivity index (χ3n) is 10.4. The van der Waals surface area contributed by atoms with Gasteiger partial charge in [-0.3, -0.25) is 9.88 Å². The van der Waals surface area contributed by atoms with Crippen LogP contribution >= 0.6 is 0 Å². The molecule has 0 amide bonds. The highest BCUT2D eigenvalue weighted by molar-refractivity contribution is 6.03. The van der Waals surface area contributed by atoms with E-state index in [1.165, 1.54) is 30.5 Å². The number of phenols is 1. The van der Waals surface area contributed by atoms with Gasteiger partial charge in [0.2, 0.25) is 0 Å². The zero-order valence-corrected chi connectivity index (χ0v) is 24.5. The van der Waals surface area contributed by atoms with E-state index in [2.05, 4.69) is 20.8 Å². The van der Waals surface area contributed by atoms with Crippen LogP contribution in [0.1, 0.15) is 37.7 Å². The van der Waals surface area contributed by atoms with Crippen molar-refractivity contribution in [3.63, 3.8) is 0 Å².